The predicted octanol–water partition coefficient (Wildman–Crippen LogP) is -6.58. The van der Waals surface area contributed by atoms with Gasteiger partial charge in [-0.15, -0.1) is 5.10 Å². The molecule has 1 aromatic heterocycles. The average molecular weight is 497 g/mol. The van der Waals surface area contributed by atoms with Crippen LogP contribution in [0.3, 0.4) is 0 Å². The Morgan fingerprint density at radius 2 is 2.00 bits per heavy atom. The minimum atomic E-state index is -4.43. The molecule has 168 valence electrons. The van der Waals surface area contributed by atoms with Crippen LogP contribution in [0.25, 0.3) is 0 Å². The van der Waals surface area contributed by atoms with Crippen LogP contribution in [0.1, 0.15) is 6.92 Å². The molecule has 0 spiro atoms. The van der Waals surface area contributed by atoms with Crippen molar-refractivity contribution in [3.8, 4) is 0 Å². The van der Waals surface area contributed by atoms with Gasteiger partial charge in [0.1, 0.15) is 11.4 Å². The number of nitrogens with zero attached hydrogens (tertiary/aromatic N) is 5. The molecule has 2 aliphatic rings. The second-order valence-electron chi connectivity index (χ2n) is 6.80. The summed E-state index contributed by atoms with van der Waals surface area (Å²) < 4.78 is 34.7. The summed E-state index contributed by atoms with van der Waals surface area (Å²) in [5.74, 6) is -4.91. The Balaban J connectivity index is 0.00000363. The Morgan fingerprint density at radius 1 is 1.34 bits per heavy atom. The van der Waals surface area contributed by atoms with Crippen molar-refractivity contribution in [1.82, 2.24) is 25.1 Å². The van der Waals surface area contributed by atoms with E-state index in [0.29, 0.717) is 16.1 Å². The number of tetrazole rings is 1. The molecule has 3 heterocycles. The number of carboxylic acids is 1. The van der Waals surface area contributed by atoms with Crippen LogP contribution in [0, 0.1) is 0 Å². The fourth-order valence-electron chi connectivity index (χ4n) is 3.29. The molecule has 1 aromatic rings. The number of fused-ring (bicyclic) bond motifs is 1. The summed E-state index contributed by atoms with van der Waals surface area (Å²) in [6.07, 6.45) is 0.691. The van der Waals surface area contributed by atoms with Crippen LogP contribution in [-0.4, -0.2) is 93.0 Å². The van der Waals surface area contributed by atoms with Gasteiger partial charge in [-0.1, -0.05) is 11.8 Å². The van der Waals surface area contributed by atoms with Gasteiger partial charge in [0.25, 0.3) is 5.91 Å². The number of sulfone groups is 1. The maximum absolute atomic E-state index is 13.1. The molecule has 3 atom stereocenters. The maximum Gasteiger partial charge on any atom is 1.00 e. The molecule has 17 heteroatoms. The zero-order valence-electron chi connectivity index (χ0n) is 17.4. The van der Waals surface area contributed by atoms with Gasteiger partial charge in [0.05, 0.1) is 30.4 Å². The monoisotopic (exact) mass is 497 g/mol. The first-order valence-electron chi connectivity index (χ1n) is 8.53. The summed E-state index contributed by atoms with van der Waals surface area (Å²) >= 11 is 0.923. The van der Waals surface area contributed by atoms with Gasteiger partial charge in [0, 0.05) is 13.1 Å². The summed E-state index contributed by atoms with van der Waals surface area (Å²) in [5, 5.41) is 21.0. The molecule has 1 amide bonds. The van der Waals surface area contributed by atoms with E-state index < -0.39 is 62.0 Å². The molecule has 2 aliphatic heterocycles. The number of thioether (sulfide) groups is 1. The summed E-state index contributed by atoms with van der Waals surface area (Å²) in [4.78, 5) is 48.2. The average Bonchev–Trinajstić information content (AvgIpc) is 3.18. The van der Waals surface area contributed by atoms with Crippen molar-refractivity contribution in [2.45, 2.75) is 28.2 Å². The van der Waals surface area contributed by atoms with Crippen molar-refractivity contribution in [1.29, 1.82) is 0 Å². The number of β-lactam (4-membered cyclic amide) rings is 1. The number of esters is 2. The minimum Gasteiger partial charge on any atom is -0.548 e. The molecule has 0 radical (unpaired) electrons. The Bertz CT molecular complexity index is 1100. The first-order valence-corrected chi connectivity index (χ1v) is 11.1. The molecule has 0 N–H and O–H groups in total. The molecular weight excluding hydrogens is 481 g/mol. The van der Waals surface area contributed by atoms with Gasteiger partial charge in [-0.2, -0.15) is 0 Å². The minimum absolute atomic E-state index is 0. The predicted molar refractivity (Wildman–Crippen MR) is 97.3 cm³/mol. The number of aliphatic carboxylic acids is 1. The van der Waals surface area contributed by atoms with E-state index in [0.717, 1.165) is 25.8 Å². The van der Waals surface area contributed by atoms with E-state index in [1.165, 1.54) is 4.68 Å². The Morgan fingerprint density at radius 3 is 2.53 bits per heavy atom. The normalized spacial score (nSPS) is 26.7. The van der Waals surface area contributed by atoms with E-state index in [4.69, 9.17) is 4.74 Å². The van der Waals surface area contributed by atoms with Gasteiger partial charge in [-0.3, -0.25) is 9.59 Å². The fourth-order valence-corrected chi connectivity index (χ4v) is 6.22. The molecule has 0 aromatic carbocycles. The third-order valence-corrected chi connectivity index (χ3v) is 8.61. The number of carbonyl (C=O) groups excluding carboxylic acids is 4. The smallest absolute Gasteiger partial charge is 0.548 e. The maximum atomic E-state index is 13.1. The van der Waals surface area contributed by atoms with E-state index in [1.54, 1.807) is 7.05 Å². The number of methoxy groups -OCH3 is 1. The summed E-state index contributed by atoms with van der Waals surface area (Å²) in [7, 11) is -1.85. The van der Waals surface area contributed by atoms with Crippen molar-refractivity contribution in [3.63, 3.8) is 0 Å². The second kappa shape index (κ2) is 9.46. The zero-order valence-corrected chi connectivity index (χ0v) is 21.0. The number of aromatic nitrogens is 4. The number of hydrogen-bond donors (Lipinski definition) is 0. The van der Waals surface area contributed by atoms with E-state index in [2.05, 4.69) is 20.3 Å². The van der Waals surface area contributed by atoms with Gasteiger partial charge < -0.3 is 24.3 Å². The van der Waals surface area contributed by atoms with Crippen LogP contribution >= 0.6 is 11.8 Å². The van der Waals surface area contributed by atoms with Gasteiger partial charge >= 0.3 is 41.5 Å². The number of aryl methyl sites for hydroxylation is 1. The molecule has 2 saturated heterocycles. The molecule has 0 bridgehead atoms. The van der Waals surface area contributed by atoms with Crippen molar-refractivity contribution in [2.24, 2.45) is 7.05 Å². The Hall–Kier alpha value is -2.01. The number of ether oxygens (including phenoxy) is 2. The van der Waals surface area contributed by atoms with Gasteiger partial charge in [-0.05, 0) is 17.4 Å². The van der Waals surface area contributed by atoms with Crippen LogP contribution in [0.15, 0.2) is 16.8 Å². The molecule has 2 fully saturated rings. The Kier molecular flexibility index (Phi) is 7.76. The summed E-state index contributed by atoms with van der Waals surface area (Å²) in [6, 6.07) is -1.92. The number of amides is 1. The summed E-state index contributed by atoms with van der Waals surface area (Å²) in [6.45, 7) is 0.188. The van der Waals surface area contributed by atoms with E-state index >= 15 is 0 Å². The Labute approximate surface area is 207 Å². The molecule has 1 unspecified atom stereocenters. The van der Waals surface area contributed by atoms with Gasteiger partial charge in [0.15, 0.2) is 15.2 Å². The molecule has 14 nitrogen and oxygen atoms in total. The zero-order chi connectivity index (χ0) is 23.1. The molecular formula is C15H16N5NaO9S2. The molecule has 0 aliphatic carbocycles. The quantitative estimate of drug-likeness (QED) is 0.114. The molecule has 32 heavy (non-hydrogen) atoms. The third kappa shape index (κ3) is 4.16. The van der Waals surface area contributed by atoms with E-state index in [1.807, 2.05) is 0 Å². The summed E-state index contributed by atoms with van der Waals surface area (Å²) in [5.41, 5.74) is -0.432. The topological polar surface area (TPSA) is 191 Å². The van der Waals surface area contributed by atoms with Gasteiger partial charge in [-0.25, -0.2) is 17.9 Å². The van der Waals surface area contributed by atoms with Crippen molar-refractivity contribution < 1.29 is 71.7 Å². The van der Waals surface area contributed by atoms with Gasteiger partial charge in [0.2, 0.25) is 5.16 Å². The largest absolute Gasteiger partial charge is 1.00 e. The fraction of sp³-hybridized carbons (Fsp3) is 0.533. The van der Waals surface area contributed by atoms with Crippen LogP contribution in [0.2, 0.25) is 0 Å². The van der Waals surface area contributed by atoms with Crippen LogP contribution < -0.4 is 34.7 Å². The number of rotatable bonds is 7. The molecule has 3 rings (SSSR count). The van der Waals surface area contributed by atoms with Crippen molar-refractivity contribution >= 4 is 45.4 Å². The van der Waals surface area contributed by atoms with Crippen molar-refractivity contribution in [2.75, 3.05) is 19.5 Å². The third-order valence-electron chi connectivity index (χ3n) is 4.92. The van der Waals surface area contributed by atoms with Crippen LogP contribution in [0.5, 0.6) is 0 Å². The SMILES string of the molecule is COC(=O)/C=C1/C(=O)N2C1S(=O)(=O)[C@@](C)(COC(=O)CSc1nnnn1C)[C@@H]2C(=O)[O-].[Na+]. The van der Waals surface area contributed by atoms with E-state index in [9.17, 15) is 32.7 Å². The second-order valence-corrected chi connectivity index (χ2v) is 10.2. The van der Waals surface area contributed by atoms with Crippen LogP contribution in [0.4, 0.5) is 0 Å². The van der Waals surface area contributed by atoms with Crippen LogP contribution in [-0.2, 0) is 45.5 Å². The number of hydrogen-bond acceptors (Lipinski definition) is 13. The number of carboxylic acid groups (broad SMARTS) is 1. The number of carbonyl (C=O) groups is 4. The van der Waals surface area contributed by atoms with E-state index in [-0.39, 0.29) is 35.3 Å². The van der Waals surface area contributed by atoms with Crippen molar-refractivity contribution in [3.05, 3.63) is 11.6 Å². The molecule has 0 saturated carbocycles. The standard InChI is InChI=1S/C15H17N5O9S2.Na/c1-15(6-29-9(22)5-30-14-16-17-18-19(14)2)10(13(24)25)20-11(23)7(4-8(21)28-3)12(20)31(15,26)27;/h4,10,12H,5-6H2,1-3H3,(H,24,25);/q;+1/p-1/b7-4-;/t10-,12?,15-;/m0./s1. The first-order chi connectivity index (χ1) is 14.5. The first kappa shape index (κ1) is 26.2.